The minimum atomic E-state index is -0.0268. The number of piperidine rings is 1. The van der Waals surface area contributed by atoms with Crippen LogP contribution in [0.4, 0.5) is 0 Å². The zero-order chi connectivity index (χ0) is 19.0. The van der Waals surface area contributed by atoms with Crippen LogP contribution in [-0.2, 0) is 18.4 Å². The topological polar surface area (TPSA) is 74.8 Å². The van der Waals surface area contributed by atoms with E-state index in [1.807, 2.05) is 30.6 Å². The Hall–Kier alpha value is -2.86. The van der Waals surface area contributed by atoms with Crippen molar-refractivity contribution in [2.45, 2.75) is 37.6 Å². The molecule has 1 aliphatic heterocycles. The largest absolute Gasteiger partial charge is 0.306 e. The van der Waals surface area contributed by atoms with Gasteiger partial charge in [0, 0.05) is 54.4 Å². The average Bonchev–Trinajstić information content (AvgIpc) is 3.08. The maximum atomic E-state index is 12.8. The number of hydrogen-bond donors (Lipinski definition) is 1. The summed E-state index contributed by atoms with van der Waals surface area (Å²) < 4.78 is 0. The van der Waals surface area contributed by atoms with Crippen LogP contribution in [0, 0.1) is 0 Å². The number of rotatable bonds is 3. The second-order valence-electron chi connectivity index (χ2n) is 7.94. The van der Waals surface area contributed by atoms with Crippen molar-refractivity contribution in [2.24, 2.45) is 0 Å². The van der Waals surface area contributed by atoms with Crippen LogP contribution in [-0.4, -0.2) is 37.9 Å². The van der Waals surface area contributed by atoms with Gasteiger partial charge in [0.25, 0.3) is 5.56 Å². The molecule has 0 aromatic carbocycles. The highest BCUT2D eigenvalue weighted by molar-refractivity contribution is 5.54. The van der Waals surface area contributed by atoms with Crippen molar-refractivity contribution in [3.05, 3.63) is 76.2 Å². The number of nitrogens with zero attached hydrogens (tertiary/aromatic N) is 4. The van der Waals surface area contributed by atoms with E-state index in [4.69, 9.17) is 4.98 Å². The van der Waals surface area contributed by atoms with E-state index >= 15 is 0 Å². The van der Waals surface area contributed by atoms with Gasteiger partial charge in [0.05, 0.1) is 5.69 Å². The number of fused-ring (bicyclic) bond motifs is 2. The fourth-order valence-corrected chi connectivity index (χ4v) is 4.80. The maximum absolute atomic E-state index is 12.8. The number of likely N-dealkylation sites (tertiary alicyclic amines) is 1. The molecule has 0 bridgehead atoms. The number of pyridine rings is 2. The van der Waals surface area contributed by atoms with E-state index in [1.54, 1.807) is 12.4 Å². The van der Waals surface area contributed by atoms with E-state index in [0.717, 1.165) is 62.1 Å². The average molecular weight is 373 g/mol. The predicted octanol–water partition coefficient (Wildman–Crippen LogP) is 2.71. The monoisotopic (exact) mass is 373 g/mol. The second-order valence-corrected chi connectivity index (χ2v) is 7.94. The minimum Gasteiger partial charge on any atom is -0.306 e. The summed E-state index contributed by atoms with van der Waals surface area (Å²) in [4.78, 5) is 31.6. The molecule has 2 aliphatic rings. The molecule has 1 N–H and O–H groups in total. The summed E-state index contributed by atoms with van der Waals surface area (Å²) in [5.74, 6) is 0.627. The van der Waals surface area contributed by atoms with E-state index in [1.165, 1.54) is 5.56 Å². The Bertz CT molecular complexity index is 1030. The third-order valence-corrected chi connectivity index (χ3v) is 6.09. The lowest BCUT2D eigenvalue weighted by Gasteiger charge is -2.40. The van der Waals surface area contributed by atoms with Gasteiger partial charge in [0.1, 0.15) is 5.82 Å². The number of hydrogen-bond acceptors (Lipinski definition) is 5. The van der Waals surface area contributed by atoms with Gasteiger partial charge >= 0.3 is 0 Å². The molecule has 3 aromatic heterocycles. The van der Waals surface area contributed by atoms with Gasteiger partial charge < -0.3 is 4.98 Å². The predicted molar refractivity (Wildman–Crippen MR) is 107 cm³/mol. The van der Waals surface area contributed by atoms with Crippen molar-refractivity contribution in [1.82, 2.24) is 24.8 Å². The molecule has 0 radical (unpaired) electrons. The first-order valence-corrected chi connectivity index (χ1v) is 9.89. The molecule has 1 atom stereocenters. The molecule has 6 nitrogen and oxygen atoms in total. The van der Waals surface area contributed by atoms with Gasteiger partial charge in [-0.25, -0.2) is 4.98 Å². The van der Waals surface area contributed by atoms with Gasteiger partial charge in [-0.05, 0) is 56.0 Å². The van der Waals surface area contributed by atoms with Gasteiger partial charge in [0.2, 0.25) is 0 Å². The molecule has 28 heavy (non-hydrogen) atoms. The lowest BCUT2D eigenvalue weighted by atomic mass is 9.77. The first kappa shape index (κ1) is 17.3. The smallest absolute Gasteiger partial charge is 0.254 e. The van der Waals surface area contributed by atoms with Crippen molar-refractivity contribution in [2.75, 3.05) is 13.1 Å². The molecular weight excluding hydrogens is 350 g/mol. The van der Waals surface area contributed by atoms with E-state index in [9.17, 15) is 4.79 Å². The number of aromatic nitrogens is 4. The lowest BCUT2D eigenvalue weighted by Crippen LogP contribution is -2.45. The van der Waals surface area contributed by atoms with Gasteiger partial charge in [-0.3, -0.25) is 19.7 Å². The number of aromatic amines is 1. The van der Waals surface area contributed by atoms with E-state index < -0.39 is 0 Å². The highest BCUT2D eigenvalue weighted by atomic mass is 16.1. The van der Waals surface area contributed by atoms with E-state index in [-0.39, 0.29) is 11.0 Å². The molecule has 1 unspecified atom stereocenters. The molecular formula is C22H23N5O. The molecule has 6 heteroatoms. The number of H-pyrrole nitrogens is 1. The first-order valence-electron chi connectivity index (χ1n) is 9.89. The maximum Gasteiger partial charge on any atom is 0.254 e. The molecule has 0 saturated carbocycles. The standard InChI is InChI=1S/C22H23N5O/c28-21-18-6-8-22(19(18)25-20(26-21)17-5-2-10-24-13-17)7-3-11-27(15-22)14-16-4-1-9-23-12-16/h1-2,4-5,9-10,12-13H,3,6-8,11,14-15H2,(H,25,26,28). The molecule has 1 fully saturated rings. The number of nitrogens with one attached hydrogen (secondary N) is 1. The van der Waals surface area contributed by atoms with Gasteiger partial charge in [-0.2, -0.15) is 0 Å². The molecule has 1 spiro atoms. The zero-order valence-electron chi connectivity index (χ0n) is 15.8. The summed E-state index contributed by atoms with van der Waals surface area (Å²) in [5.41, 5.74) is 3.94. The Labute approximate surface area is 163 Å². The van der Waals surface area contributed by atoms with Crippen molar-refractivity contribution in [3.63, 3.8) is 0 Å². The van der Waals surface area contributed by atoms with Crippen LogP contribution in [0.2, 0.25) is 0 Å². The normalized spacial score (nSPS) is 21.7. The third kappa shape index (κ3) is 3.03. The van der Waals surface area contributed by atoms with E-state index in [0.29, 0.717) is 5.82 Å². The SMILES string of the molecule is O=c1[nH]c(-c2cccnc2)nc2c1CCC21CCCN(Cc2cccnc2)C1. The fraction of sp³-hybridized carbons (Fsp3) is 0.364. The van der Waals surface area contributed by atoms with Crippen LogP contribution in [0.3, 0.4) is 0 Å². The molecule has 5 rings (SSSR count). The summed E-state index contributed by atoms with van der Waals surface area (Å²) in [6.07, 6.45) is 11.3. The molecule has 1 aliphatic carbocycles. The molecule has 0 amide bonds. The van der Waals surface area contributed by atoms with E-state index in [2.05, 4.69) is 25.9 Å². The second kappa shape index (κ2) is 6.95. The Morgan fingerprint density at radius 2 is 1.96 bits per heavy atom. The molecule has 142 valence electrons. The van der Waals surface area contributed by atoms with Crippen molar-refractivity contribution >= 4 is 0 Å². The summed E-state index contributed by atoms with van der Waals surface area (Å²) in [6, 6.07) is 7.92. The molecule has 4 heterocycles. The van der Waals surface area contributed by atoms with Crippen LogP contribution in [0.5, 0.6) is 0 Å². The van der Waals surface area contributed by atoms with Crippen LogP contribution in [0.25, 0.3) is 11.4 Å². The minimum absolute atomic E-state index is 0.00473. The summed E-state index contributed by atoms with van der Waals surface area (Å²) in [7, 11) is 0. The van der Waals surface area contributed by atoms with Gasteiger partial charge in [-0.15, -0.1) is 0 Å². The Morgan fingerprint density at radius 1 is 1.11 bits per heavy atom. The quantitative estimate of drug-likeness (QED) is 0.764. The highest BCUT2D eigenvalue weighted by Gasteiger charge is 2.44. The van der Waals surface area contributed by atoms with Crippen LogP contribution >= 0.6 is 0 Å². The van der Waals surface area contributed by atoms with Gasteiger partial charge in [0.15, 0.2) is 0 Å². The Morgan fingerprint density at radius 3 is 2.75 bits per heavy atom. The summed E-state index contributed by atoms with van der Waals surface area (Å²) >= 11 is 0. The third-order valence-electron chi connectivity index (χ3n) is 6.09. The van der Waals surface area contributed by atoms with Crippen molar-refractivity contribution in [1.29, 1.82) is 0 Å². The first-order chi connectivity index (χ1) is 13.7. The van der Waals surface area contributed by atoms with Gasteiger partial charge in [-0.1, -0.05) is 6.07 Å². The molecule has 1 saturated heterocycles. The van der Waals surface area contributed by atoms with Crippen LogP contribution < -0.4 is 5.56 Å². The zero-order valence-corrected chi connectivity index (χ0v) is 15.8. The summed E-state index contributed by atoms with van der Waals surface area (Å²) in [5, 5.41) is 0. The molecule has 3 aromatic rings. The van der Waals surface area contributed by atoms with Crippen molar-refractivity contribution < 1.29 is 0 Å². The lowest BCUT2D eigenvalue weighted by molar-refractivity contribution is 0.136. The van der Waals surface area contributed by atoms with Crippen molar-refractivity contribution in [3.8, 4) is 11.4 Å². The summed E-state index contributed by atoms with van der Waals surface area (Å²) in [6.45, 7) is 2.91. The van der Waals surface area contributed by atoms with Crippen LogP contribution in [0.1, 0.15) is 36.1 Å². The fourth-order valence-electron chi connectivity index (χ4n) is 4.80. The van der Waals surface area contributed by atoms with Crippen LogP contribution in [0.15, 0.2) is 53.8 Å². The Balaban J connectivity index is 1.49. The Kier molecular flexibility index (Phi) is 4.28. The highest BCUT2D eigenvalue weighted by Crippen LogP contribution is 2.43.